The van der Waals surface area contributed by atoms with Gasteiger partial charge in [-0.15, -0.1) is 0 Å². The maximum atomic E-state index is 13.8. The summed E-state index contributed by atoms with van der Waals surface area (Å²) in [6.45, 7) is 0.154. The lowest BCUT2D eigenvalue weighted by molar-refractivity contribution is 0.305. The predicted molar refractivity (Wildman–Crippen MR) is 164 cm³/mol. The smallest absolute Gasteiger partial charge is 0.282 e. The summed E-state index contributed by atoms with van der Waals surface area (Å²) >= 11 is 6.19. The summed E-state index contributed by atoms with van der Waals surface area (Å²) in [6, 6.07) is 32.0. The normalized spacial score (nSPS) is 11.7. The summed E-state index contributed by atoms with van der Waals surface area (Å²) in [6.07, 6.45) is 1.59. The first-order chi connectivity index (χ1) is 20.5. The van der Waals surface area contributed by atoms with Gasteiger partial charge in [-0.3, -0.25) is 4.79 Å². The van der Waals surface area contributed by atoms with Gasteiger partial charge >= 0.3 is 0 Å². The van der Waals surface area contributed by atoms with E-state index in [9.17, 15) is 9.18 Å². The van der Waals surface area contributed by atoms with Crippen molar-refractivity contribution in [2.24, 2.45) is 5.10 Å². The van der Waals surface area contributed by atoms with E-state index in [1.54, 1.807) is 60.8 Å². The molecule has 42 heavy (non-hydrogen) atoms. The predicted octanol–water partition coefficient (Wildman–Crippen LogP) is 8.22. The van der Waals surface area contributed by atoms with Gasteiger partial charge in [-0.2, -0.15) is 9.78 Å². The molecule has 2 aromatic heterocycles. The summed E-state index contributed by atoms with van der Waals surface area (Å²) < 4.78 is 27.2. The highest BCUT2D eigenvalue weighted by Crippen LogP contribution is 2.30. The zero-order chi connectivity index (χ0) is 28.6. The van der Waals surface area contributed by atoms with Crippen LogP contribution < -0.4 is 10.3 Å². The molecular formula is C34H21ClFN3O3. The third-order valence-electron chi connectivity index (χ3n) is 6.97. The topological polar surface area (TPSA) is 69.6 Å². The van der Waals surface area contributed by atoms with Crippen molar-refractivity contribution in [1.29, 1.82) is 0 Å². The number of ether oxygens (including phenoxy) is 1. The van der Waals surface area contributed by atoms with E-state index in [0.29, 0.717) is 44.1 Å². The molecule has 0 saturated carbocycles. The van der Waals surface area contributed by atoms with Crippen molar-refractivity contribution in [2.75, 3.05) is 0 Å². The molecule has 2 heterocycles. The molecule has 7 rings (SSSR count). The summed E-state index contributed by atoms with van der Waals surface area (Å²) in [7, 11) is 0. The molecule has 0 saturated heterocycles. The van der Waals surface area contributed by atoms with Crippen molar-refractivity contribution >= 4 is 50.5 Å². The van der Waals surface area contributed by atoms with E-state index in [0.717, 1.165) is 16.2 Å². The summed E-state index contributed by atoms with van der Waals surface area (Å²) in [5.41, 5.74) is 2.12. The Bertz CT molecular complexity index is 2220. The van der Waals surface area contributed by atoms with Gasteiger partial charge in [0.05, 0.1) is 17.1 Å². The number of halogens is 2. The van der Waals surface area contributed by atoms with E-state index in [-0.39, 0.29) is 23.8 Å². The van der Waals surface area contributed by atoms with Crippen LogP contribution in [0.2, 0.25) is 5.02 Å². The molecule has 6 nitrogen and oxygen atoms in total. The van der Waals surface area contributed by atoms with Gasteiger partial charge in [0.15, 0.2) is 5.76 Å². The van der Waals surface area contributed by atoms with Crippen LogP contribution in [0.4, 0.5) is 4.39 Å². The summed E-state index contributed by atoms with van der Waals surface area (Å²) in [5.74, 6) is 0.806. The van der Waals surface area contributed by atoms with Crippen LogP contribution in [0.1, 0.15) is 11.1 Å². The van der Waals surface area contributed by atoms with Gasteiger partial charge in [-0.25, -0.2) is 9.37 Å². The largest absolute Gasteiger partial charge is 0.488 e. The van der Waals surface area contributed by atoms with Crippen LogP contribution in [-0.4, -0.2) is 15.9 Å². The van der Waals surface area contributed by atoms with Crippen LogP contribution in [0.15, 0.2) is 124 Å². The number of para-hydroxylation sites is 1. The Balaban J connectivity index is 1.38. The third-order valence-corrected chi connectivity index (χ3v) is 7.20. The second-order valence-electron chi connectivity index (χ2n) is 9.72. The Morgan fingerprint density at radius 1 is 0.881 bits per heavy atom. The van der Waals surface area contributed by atoms with Crippen molar-refractivity contribution in [2.45, 2.75) is 6.61 Å². The fourth-order valence-corrected chi connectivity index (χ4v) is 5.13. The quantitative estimate of drug-likeness (QED) is 0.188. The van der Waals surface area contributed by atoms with Crippen molar-refractivity contribution < 1.29 is 13.5 Å². The molecule has 8 heteroatoms. The fourth-order valence-electron chi connectivity index (χ4n) is 4.95. The van der Waals surface area contributed by atoms with Gasteiger partial charge in [0.1, 0.15) is 23.8 Å². The van der Waals surface area contributed by atoms with Crippen LogP contribution in [0.3, 0.4) is 0 Å². The standard InChI is InChI=1S/C34H21ClFN3O3/c35-24-13-15-30-23(17-24)18-32(42-30)33-38-29-11-4-3-10-27(29)34(40)39(33)37-19-28-26-9-2-1-7-22(26)12-14-31(28)41-20-21-6-5-8-25(36)16-21/h1-19H,20H2. The Labute approximate surface area is 243 Å². The van der Waals surface area contributed by atoms with Gasteiger partial charge in [-0.05, 0) is 70.9 Å². The van der Waals surface area contributed by atoms with Crippen LogP contribution in [-0.2, 0) is 6.61 Å². The maximum Gasteiger partial charge on any atom is 0.282 e. The number of furan rings is 1. The number of fused-ring (bicyclic) bond motifs is 3. The molecular weight excluding hydrogens is 553 g/mol. The highest BCUT2D eigenvalue weighted by atomic mass is 35.5. The van der Waals surface area contributed by atoms with E-state index >= 15 is 0 Å². The summed E-state index contributed by atoms with van der Waals surface area (Å²) in [5, 5.41) is 8.26. The van der Waals surface area contributed by atoms with Gasteiger partial charge in [0.2, 0.25) is 5.82 Å². The van der Waals surface area contributed by atoms with Crippen molar-refractivity contribution in [3.8, 4) is 17.3 Å². The first-order valence-electron chi connectivity index (χ1n) is 13.2. The molecule has 0 bridgehead atoms. The van der Waals surface area contributed by atoms with E-state index < -0.39 is 0 Å². The van der Waals surface area contributed by atoms with Crippen LogP contribution in [0.25, 0.3) is 44.2 Å². The van der Waals surface area contributed by atoms with Gasteiger partial charge in [0.25, 0.3) is 5.56 Å². The zero-order valence-electron chi connectivity index (χ0n) is 22.0. The minimum absolute atomic E-state index is 0.154. The Morgan fingerprint density at radius 2 is 1.71 bits per heavy atom. The lowest BCUT2D eigenvalue weighted by atomic mass is 10.0. The lowest BCUT2D eigenvalue weighted by Gasteiger charge is -2.12. The van der Waals surface area contributed by atoms with E-state index in [2.05, 4.69) is 5.10 Å². The molecule has 0 aliphatic heterocycles. The van der Waals surface area contributed by atoms with Gasteiger partial charge in [-0.1, -0.05) is 66.2 Å². The van der Waals surface area contributed by atoms with Gasteiger partial charge in [0, 0.05) is 16.0 Å². The SMILES string of the molecule is O=c1c2ccccc2nc(-c2cc3cc(Cl)ccc3o2)n1N=Cc1c(OCc2cccc(F)c2)ccc2ccccc12. The first kappa shape index (κ1) is 25.7. The average molecular weight is 574 g/mol. The first-order valence-corrected chi connectivity index (χ1v) is 13.6. The third kappa shape index (κ3) is 4.80. The molecule has 204 valence electrons. The Morgan fingerprint density at radius 3 is 2.60 bits per heavy atom. The fraction of sp³-hybridized carbons (Fsp3) is 0.0294. The van der Waals surface area contributed by atoms with Gasteiger partial charge < -0.3 is 9.15 Å². The van der Waals surface area contributed by atoms with Crippen LogP contribution >= 0.6 is 11.6 Å². The number of hydrogen-bond donors (Lipinski definition) is 0. The van der Waals surface area contributed by atoms with Crippen LogP contribution in [0.5, 0.6) is 5.75 Å². The maximum absolute atomic E-state index is 13.8. The minimum atomic E-state index is -0.354. The minimum Gasteiger partial charge on any atom is -0.488 e. The molecule has 0 spiro atoms. The second kappa shape index (κ2) is 10.6. The number of nitrogens with zero attached hydrogens (tertiary/aromatic N) is 3. The molecule has 0 N–H and O–H groups in total. The second-order valence-corrected chi connectivity index (χ2v) is 10.2. The monoisotopic (exact) mass is 573 g/mol. The van der Waals surface area contributed by atoms with Crippen LogP contribution in [0, 0.1) is 5.82 Å². The Kier molecular flexibility index (Phi) is 6.49. The average Bonchev–Trinajstić information content (AvgIpc) is 3.43. The lowest BCUT2D eigenvalue weighted by Crippen LogP contribution is -2.20. The number of rotatable bonds is 6. The molecule has 0 radical (unpaired) electrons. The molecule has 5 aromatic carbocycles. The zero-order valence-corrected chi connectivity index (χ0v) is 22.8. The van der Waals surface area contributed by atoms with E-state index in [1.165, 1.54) is 16.8 Å². The Hall–Kier alpha value is -5.27. The van der Waals surface area contributed by atoms with Crippen molar-refractivity contribution in [1.82, 2.24) is 9.66 Å². The van der Waals surface area contributed by atoms with E-state index in [1.807, 2.05) is 42.5 Å². The molecule has 0 unspecified atom stereocenters. The highest BCUT2D eigenvalue weighted by molar-refractivity contribution is 6.31. The molecule has 0 aliphatic rings. The molecule has 0 amide bonds. The molecule has 0 atom stereocenters. The number of aromatic nitrogens is 2. The molecule has 0 fully saturated rings. The summed E-state index contributed by atoms with van der Waals surface area (Å²) in [4.78, 5) is 18.5. The van der Waals surface area contributed by atoms with Crippen molar-refractivity contribution in [3.63, 3.8) is 0 Å². The molecule has 0 aliphatic carbocycles. The van der Waals surface area contributed by atoms with Crippen molar-refractivity contribution in [3.05, 3.63) is 142 Å². The number of hydrogen-bond acceptors (Lipinski definition) is 5. The molecule has 7 aromatic rings. The number of benzene rings is 5. The van der Waals surface area contributed by atoms with E-state index in [4.69, 9.17) is 25.7 Å². The highest BCUT2D eigenvalue weighted by Gasteiger charge is 2.17.